The Morgan fingerprint density at radius 2 is 1.74 bits per heavy atom. The van der Waals surface area contributed by atoms with Gasteiger partial charge in [-0.15, -0.1) is 0 Å². The van der Waals surface area contributed by atoms with E-state index < -0.39 is 0 Å². The van der Waals surface area contributed by atoms with Gasteiger partial charge in [0.05, 0.1) is 41.4 Å². The molecule has 11 heteroatoms. The van der Waals surface area contributed by atoms with Gasteiger partial charge in [0.15, 0.2) is 0 Å². The number of rotatable bonds is 6. The molecule has 35 heavy (non-hydrogen) atoms. The zero-order valence-electron chi connectivity index (χ0n) is 19.7. The number of carbonyl (C=O) groups excluding carboxylic acids is 1. The van der Waals surface area contributed by atoms with Crippen LogP contribution in [-0.2, 0) is 0 Å². The second kappa shape index (κ2) is 9.92. The van der Waals surface area contributed by atoms with Crippen LogP contribution >= 0.6 is 0 Å². The van der Waals surface area contributed by atoms with E-state index in [1.165, 1.54) is 6.33 Å². The molecule has 0 bridgehead atoms. The number of fused-ring (bicyclic) bond motifs is 1. The van der Waals surface area contributed by atoms with E-state index in [1.807, 2.05) is 42.0 Å². The Labute approximate surface area is 202 Å². The van der Waals surface area contributed by atoms with Crippen LogP contribution in [-0.4, -0.2) is 54.5 Å². The van der Waals surface area contributed by atoms with Gasteiger partial charge in [0.1, 0.15) is 12.0 Å². The number of aromatic nitrogens is 6. The molecule has 0 atom stereocenters. The molecule has 2 amide bonds. The Bertz CT molecular complexity index is 1310. The first-order chi connectivity index (χ1) is 17.1. The highest BCUT2D eigenvalue weighted by Crippen LogP contribution is 2.27. The normalized spacial score (nSPS) is 17.7. The number of urea groups is 1. The molecule has 0 radical (unpaired) electrons. The number of nitrogens with zero attached hydrogens (tertiary/aromatic N) is 6. The third-order valence-electron chi connectivity index (χ3n) is 6.19. The zero-order chi connectivity index (χ0) is 24.2. The largest absolute Gasteiger partial charge is 0.352 e. The van der Waals surface area contributed by atoms with Crippen LogP contribution in [0.15, 0.2) is 49.4 Å². The Morgan fingerprint density at radius 1 is 0.971 bits per heavy atom. The number of amides is 2. The molecule has 1 fully saturated rings. The van der Waals surface area contributed by atoms with Gasteiger partial charge in [-0.3, -0.25) is 4.40 Å². The average molecular weight is 473 g/mol. The lowest BCUT2D eigenvalue weighted by molar-refractivity contribution is 0.234. The molecule has 4 heterocycles. The van der Waals surface area contributed by atoms with Crippen LogP contribution in [0.4, 0.5) is 22.1 Å². The minimum atomic E-state index is -0.128. The molecular weight excluding hydrogens is 444 g/mol. The molecule has 1 aliphatic carbocycles. The molecule has 11 nitrogen and oxygen atoms in total. The van der Waals surface area contributed by atoms with Crippen molar-refractivity contribution in [3.8, 4) is 11.4 Å². The fourth-order valence-corrected chi connectivity index (χ4v) is 4.35. The Hall–Kier alpha value is -4.28. The van der Waals surface area contributed by atoms with Gasteiger partial charge < -0.3 is 21.3 Å². The molecule has 0 unspecified atom stereocenters. The van der Waals surface area contributed by atoms with Crippen LogP contribution in [0.2, 0.25) is 0 Å². The lowest BCUT2D eigenvalue weighted by Gasteiger charge is -2.29. The van der Waals surface area contributed by atoms with Gasteiger partial charge in [-0.1, -0.05) is 0 Å². The summed E-state index contributed by atoms with van der Waals surface area (Å²) in [6, 6.07) is 4.26. The second-order valence-electron chi connectivity index (χ2n) is 8.68. The number of nitrogens with one attached hydrogen (secondary N) is 4. The van der Waals surface area contributed by atoms with E-state index in [0.29, 0.717) is 5.95 Å². The van der Waals surface area contributed by atoms with Gasteiger partial charge in [-0.25, -0.2) is 29.7 Å². The fourth-order valence-electron chi connectivity index (χ4n) is 4.35. The molecule has 1 saturated carbocycles. The highest BCUT2D eigenvalue weighted by molar-refractivity contribution is 5.73. The van der Waals surface area contributed by atoms with Gasteiger partial charge in [0, 0.05) is 31.5 Å². The number of pyridine rings is 1. The lowest BCUT2D eigenvalue weighted by atomic mass is 9.91. The zero-order valence-corrected chi connectivity index (χ0v) is 19.7. The number of anilines is 3. The van der Waals surface area contributed by atoms with E-state index in [4.69, 9.17) is 4.98 Å². The summed E-state index contributed by atoms with van der Waals surface area (Å²) in [5.41, 5.74) is 5.19. The third-order valence-corrected chi connectivity index (χ3v) is 6.19. The second-order valence-corrected chi connectivity index (χ2v) is 8.68. The highest BCUT2D eigenvalue weighted by Gasteiger charge is 2.23. The summed E-state index contributed by atoms with van der Waals surface area (Å²) in [4.78, 5) is 33.6. The van der Waals surface area contributed by atoms with Crippen molar-refractivity contribution in [2.24, 2.45) is 0 Å². The molecule has 0 aromatic carbocycles. The first kappa shape index (κ1) is 22.5. The highest BCUT2D eigenvalue weighted by atomic mass is 16.2. The summed E-state index contributed by atoms with van der Waals surface area (Å²) in [7, 11) is 1.63. The molecule has 5 rings (SSSR count). The minimum absolute atomic E-state index is 0.128. The third kappa shape index (κ3) is 5.13. The molecule has 0 saturated heterocycles. The summed E-state index contributed by atoms with van der Waals surface area (Å²) in [6.07, 6.45) is 14.3. The first-order valence-electron chi connectivity index (χ1n) is 11.7. The average Bonchev–Trinajstić information content (AvgIpc) is 3.30. The molecule has 0 aliphatic heterocycles. The van der Waals surface area contributed by atoms with Crippen LogP contribution < -0.4 is 21.3 Å². The Kier molecular flexibility index (Phi) is 6.38. The van der Waals surface area contributed by atoms with Crippen LogP contribution in [0, 0.1) is 6.92 Å². The monoisotopic (exact) mass is 472 g/mol. The predicted molar refractivity (Wildman–Crippen MR) is 134 cm³/mol. The standard InChI is InChI=1S/C24H28N10O/c1-15-9-29-23(31-16-3-5-17(6-4-16)32-24(35)25-2)33-22(15)20-12-28-21-8-7-18(13-34(20)21)30-19-10-26-14-27-11-19/h7-14,16-17,30H,3-6H2,1-2H3,(H2,25,32,35)(H,29,31,33). The lowest BCUT2D eigenvalue weighted by Crippen LogP contribution is -2.43. The molecule has 180 valence electrons. The summed E-state index contributed by atoms with van der Waals surface area (Å²) >= 11 is 0. The van der Waals surface area contributed by atoms with Crippen molar-refractivity contribution >= 4 is 29.0 Å². The van der Waals surface area contributed by atoms with Crippen molar-refractivity contribution in [3.63, 3.8) is 0 Å². The van der Waals surface area contributed by atoms with Gasteiger partial charge in [0.2, 0.25) is 5.95 Å². The Balaban J connectivity index is 1.34. The van der Waals surface area contributed by atoms with Gasteiger partial charge in [0.25, 0.3) is 0 Å². The number of hydrogen-bond acceptors (Lipinski definition) is 8. The van der Waals surface area contributed by atoms with Crippen LogP contribution in [0.3, 0.4) is 0 Å². The van der Waals surface area contributed by atoms with Crippen molar-refractivity contribution in [2.45, 2.75) is 44.7 Å². The number of aryl methyl sites for hydroxylation is 1. The summed E-state index contributed by atoms with van der Waals surface area (Å²) in [5.74, 6) is 0.596. The van der Waals surface area contributed by atoms with E-state index in [-0.39, 0.29) is 18.1 Å². The van der Waals surface area contributed by atoms with Crippen molar-refractivity contribution in [3.05, 3.63) is 55.0 Å². The van der Waals surface area contributed by atoms with Crippen molar-refractivity contribution < 1.29 is 4.79 Å². The van der Waals surface area contributed by atoms with E-state index in [2.05, 4.69) is 41.2 Å². The van der Waals surface area contributed by atoms with E-state index in [0.717, 1.165) is 59.7 Å². The minimum Gasteiger partial charge on any atom is -0.352 e. The summed E-state index contributed by atoms with van der Waals surface area (Å²) in [5, 5.41) is 12.4. The quantitative estimate of drug-likeness (QED) is 0.336. The maximum absolute atomic E-state index is 11.6. The topological polar surface area (TPSA) is 134 Å². The molecule has 0 spiro atoms. The van der Waals surface area contributed by atoms with Crippen molar-refractivity contribution in [1.29, 1.82) is 0 Å². The fraction of sp³-hybridized carbons (Fsp3) is 0.333. The number of hydrogen-bond donors (Lipinski definition) is 4. The van der Waals surface area contributed by atoms with Crippen LogP contribution in [0.1, 0.15) is 31.2 Å². The molecular formula is C24H28N10O. The first-order valence-corrected chi connectivity index (χ1v) is 11.7. The van der Waals surface area contributed by atoms with Gasteiger partial charge >= 0.3 is 6.03 Å². The Morgan fingerprint density at radius 3 is 2.51 bits per heavy atom. The van der Waals surface area contributed by atoms with Crippen molar-refractivity contribution in [2.75, 3.05) is 17.7 Å². The predicted octanol–water partition coefficient (Wildman–Crippen LogP) is 3.29. The molecule has 4 aromatic rings. The summed E-state index contributed by atoms with van der Waals surface area (Å²) < 4.78 is 2.01. The molecule has 4 N–H and O–H groups in total. The maximum atomic E-state index is 11.6. The van der Waals surface area contributed by atoms with Gasteiger partial charge in [-0.2, -0.15) is 0 Å². The summed E-state index contributed by atoms with van der Waals surface area (Å²) in [6.45, 7) is 2.00. The van der Waals surface area contributed by atoms with Crippen LogP contribution in [0.25, 0.3) is 17.0 Å². The van der Waals surface area contributed by atoms with Crippen LogP contribution in [0.5, 0.6) is 0 Å². The van der Waals surface area contributed by atoms with Crippen molar-refractivity contribution in [1.82, 2.24) is 40.0 Å². The van der Waals surface area contributed by atoms with Gasteiger partial charge in [-0.05, 0) is 50.3 Å². The van der Waals surface area contributed by atoms with E-state index >= 15 is 0 Å². The van der Waals surface area contributed by atoms with E-state index in [1.54, 1.807) is 19.4 Å². The SMILES string of the molecule is CNC(=O)NC1CCC(Nc2ncc(C)c(-c3cnc4ccc(Nc5cncnc5)cn34)n2)CC1. The molecule has 1 aliphatic rings. The number of imidazole rings is 1. The number of carbonyl (C=O) groups is 1. The molecule has 4 aromatic heterocycles. The smallest absolute Gasteiger partial charge is 0.314 e. The van der Waals surface area contributed by atoms with E-state index in [9.17, 15) is 4.79 Å². The maximum Gasteiger partial charge on any atom is 0.314 e.